The number of piperazine rings is 1. The number of unbranched alkanes of at least 4 members (excludes halogenated alkanes) is 1. The molecule has 1 aromatic carbocycles. The summed E-state index contributed by atoms with van der Waals surface area (Å²) >= 11 is 1.40. The molecule has 0 bridgehead atoms. The lowest BCUT2D eigenvalue weighted by Crippen LogP contribution is -2.50. The van der Waals surface area contributed by atoms with E-state index in [0.717, 1.165) is 68.4 Å². The van der Waals surface area contributed by atoms with E-state index in [2.05, 4.69) is 28.1 Å². The van der Waals surface area contributed by atoms with Crippen molar-refractivity contribution in [2.75, 3.05) is 31.1 Å². The molecule has 1 aliphatic heterocycles. The van der Waals surface area contributed by atoms with Crippen LogP contribution in [0.2, 0.25) is 0 Å². The second kappa shape index (κ2) is 9.96. The fraction of sp³-hybridized carbons (Fsp3) is 0.571. The van der Waals surface area contributed by atoms with Gasteiger partial charge in [0.25, 0.3) is 0 Å². The number of aromatic nitrogens is 2. The maximum atomic E-state index is 13.0. The van der Waals surface area contributed by atoms with Crippen LogP contribution >= 0.6 is 11.5 Å². The SMILES string of the molecule is CCCCC(CC)C(=O)N1CCN(c2nc(Cc3ccc(F)cc3)ns2)CC1. The quantitative estimate of drug-likeness (QED) is 0.664. The number of halogens is 1. The van der Waals surface area contributed by atoms with E-state index in [0.29, 0.717) is 12.3 Å². The van der Waals surface area contributed by atoms with Gasteiger partial charge in [0.15, 0.2) is 0 Å². The van der Waals surface area contributed by atoms with Crippen molar-refractivity contribution in [2.45, 2.75) is 46.0 Å². The van der Waals surface area contributed by atoms with Gasteiger partial charge in [-0.25, -0.2) is 9.37 Å². The van der Waals surface area contributed by atoms with Crippen molar-refractivity contribution in [2.24, 2.45) is 5.92 Å². The molecule has 5 nitrogen and oxygen atoms in total. The lowest BCUT2D eigenvalue weighted by molar-refractivity contribution is -0.136. The molecule has 2 heterocycles. The Morgan fingerprint density at radius 3 is 2.54 bits per heavy atom. The number of carbonyl (C=O) groups is 1. The molecule has 152 valence electrons. The van der Waals surface area contributed by atoms with Crippen LogP contribution < -0.4 is 4.90 Å². The molecular weight excluding hydrogens is 375 g/mol. The molecule has 1 aliphatic rings. The lowest BCUT2D eigenvalue weighted by Gasteiger charge is -2.36. The summed E-state index contributed by atoms with van der Waals surface area (Å²) in [7, 11) is 0. The number of rotatable bonds is 8. The van der Waals surface area contributed by atoms with Gasteiger partial charge in [0.05, 0.1) is 0 Å². The fourth-order valence-corrected chi connectivity index (χ4v) is 4.30. The second-order valence-electron chi connectivity index (χ2n) is 7.36. The molecule has 2 aromatic rings. The summed E-state index contributed by atoms with van der Waals surface area (Å²) in [5, 5.41) is 0.905. The molecule has 0 N–H and O–H groups in total. The average Bonchev–Trinajstić information content (AvgIpc) is 3.19. The number of hydrogen-bond acceptors (Lipinski definition) is 5. The van der Waals surface area contributed by atoms with E-state index in [9.17, 15) is 9.18 Å². The molecule has 3 rings (SSSR count). The lowest BCUT2D eigenvalue weighted by atomic mass is 9.97. The minimum atomic E-state index is -0.233. The zero-order valence-corrected chi connectivity index (χ0v) is 17.6. The Kier molecular flexibility index (Phi) is 7.36. The van der Waals surface area contributed by atoms with E-state index in [1.165, 1.54) is 23.7 Å². The van der Waals surface area contributed by atoms with Gasteiger partial charge in [-0.1, -0.05) is 38.8 Å². The average molecular weight is 405 g/mol. The van der Waals surface area contributed by atoms with Crippen LogP contribution in [-0.4, -0.2) is 46.3 Å². The third-order valence-electron chi connectivity index (χ3n) is 5.34. The first kappa shape index (κ1) is 20.7. The van der Waals surface area contributed by atoms with Gasteiger partial charge in [0.2, 0.25) is 11.0 Å². The third-order valence-corrected chi connectivity index (χ3v) is 6.16. The summed E-state index contributed by atoms with van der Waals surface area (Å²) < 4.78 is 17.5. The van der Waals surface area contributed by atoms with Gasteiger partial charge < -0.3 is 9.80 Å². The first-order valence-electron chi connectivity index (χ1n) is 10.2. The summed E-state index contributed by atoms with van der Waals surface area (Å²) in [4.78, 5) is 21.6. The first-order chi connectivity index (χ1) is 13.6. The Morgan fingerprint density at radius 2 is 1.89 bits per heavy atom. The Balaban J connectivity index is 1.53. The molecule has 0 radical (unpaired) electrons. The molecule has 7 heteroatoms. The molecule has 0 spiro atoms. The van der Waals surface area contributed by atoms with E-state index in [1.807, 2.05) is 4.90 Å². The zero-order chi connectivity index (χ0) is 19.9. The van der Waals surface area contributed by atoms with Crippen LogP contribution in [0.25, 0.3) is 0 Å². The summed E-state index contributed by atoms with van der Waals surface area (Å²) in [6.07, 6.45) is 4.77. The summed E-state index contributed by atoms with van der Waals surface area (Å²) in [6, 6.07) is 6.46. The largest absolute Gasteiger partial charge is 0.343 e. The smallest absolute Gasteiger partial charge is 0.225 e. The summed E-state index contributed by atoms with van der Waals surface area (Å²) in [5.74, 6) is 0.999. The van der Waals surface area contributed by atoms with Crippen molar-refractivity contribution < 1.29 is 9.18 Å². The van der Waals surface area contributed by atoms with E-state index in [1.54, 1.807) is 12.1 Å². The van der Waals surface area contributed by atoms with Gasteiger partial charge in [-0.2, -0.15) is 4.37 Å². The van der Waals surface area contributed by atoms with Gasteiger partial charge in [0.1, 0.15) is 11.6 Å². The number of anilines is 1. The highest BCUT2D eigenvalue weighted by Crippen LogP contribution is 2.22. The van der Waals surface area contributed by atoms with Crippen LogP contribution in [0.4, 0.5) is 9.52 Å². The zero-order valence-electron chi connectivity index (χ0n) is 16.7. The second-order valence-corrected chi connectivity index (χ2v) is 8.09. The molecule has 28 heavy (non-hydrogen) atoms. The van der Waals surface area contributed by atoms with E-state index in [-0.39, 0.29) is 11.7 Å². The summed E-state index contributed by atoms with van der Waals surface area (Å²) in [5.41, 5.74) is 0.999. The predicted molar refractivity (Wildman–Crippen MR) is 111 cm³/mol. The molecule has 1 unspecified atom stereocenters. The minimum absolute atomic E-state index is 0.162. The number of nitrogens with zero attached hydrogens (tertiary/aromatic N) is 4. The van der Waals surface area contributed by atoms with Gasteiger partial charge in [-0.3, -0.25) is 4.79 Å². The van der Waals surface area contributed by atoms with Crippen molar-refractivity contribution in [3.63, 3.8) is 0 Å². The Bertz CT molecular complexity index is 756. The topological polar surface area (TPSA) is 49.3 Å². The van der Waals surface area contributed by atoms with Crippen LogP contribution in [0.15, 0.2) is 24.3 Å². The molecule has 0 aliphatic carbocycles. The molecule has 1 amide bonds. The van der Waals surface area contributed by atoms with Crippen molar-refractivity contribution >= 4 is 22.6 Å². The molecule has 1 fully saturated rings. The van der Waals surface area contributed by atoms with E-state index in [4.69, 9.17) is 0 Å². The molecular formula is C21H29FN4OS. The minimum Gasteiger partial charge on any atom is -0.343 e. The Morgan fingerprint density at radius 1 is 1.18 bits per heavy atom. The number of amides is 1. The number of hydrogen-bond donors (Lipinski definition) is 0. The van der Waals surface area contributed by atoms with Crippen molar-refractivity contribution in [1.82, 2.24) is 14.3 Å². The highest BCUT2D eigenvalue weighted by atomic mass is 32.1. The van der Waals surface area contributed by atoms with Crippen LogP contribution in [-0.2, 0) is 11.2 Å². The molecule has 1 aromatic heterocycles. The van der Waals surface area contributed by atoms with E-state index < -0.39 is 0 Å². The van der Waals surface area contributed by atoms with Crippen molar-refractivity contribution in [3.8, 4) is 0 Å². The highest BCUT2D eigenvalue weighted by molar-refractivity contribution is 7.09. The van der Waals surface area contributed by atoms with Crippen LogP contribution in [0, 0.1) is 11.7 Å². The monoisotopic (exact) mass is 404 g/mol. The predicted octanol–water partition coefficient (Wildman–Crippen LogP) is 4.13. The first-order valence-corrected chi connectivity index (χ1v) is 11.0. The van der Waals surface area contributed by atoms with Gasteiger partial charge >= 0.3 is 0 Å². The summed E-state index contributed by atoms with van der Waals surface area (Å²) in [6.45, 7) is 7.35. The Labute approximate surface area is 170 Å². The van der Waals surface area contributed by atoms with Gasteiger partial charge in [0, 0.05) is 50.1 Å². The Hall–Kier alpha value is -2.02. The molecule has 1 saturated heterocycles. The van der Waals surface area contributed by atoms with E-state index >= 15 is 0 Å². The number of carbonyl (C=O) groups excluding carboxylic acids is 1. The maximum absolute atomic E-state index is 13.0. The molecule has 0 saturated carbocycles. The third kappa shape index (κ3) is 5.28. The molecule has 1 atom stereocenters. The fourth-order valence-electron chi connectivity index (χ4n) is 3.56. The number of benzene rings is 1. The van der Waals surface area contributed by atoms with Crippen LogP contribution in [0.3, 0.4) is 0 Å². The van der Waals surface area contributed by atoms with Crippen LogP contribution in [0.5, 0.6) is 0 Å². The standard InChI is InChI=1S/C21H29FN4OS/c1-3-5-6-17(4-2)20(27)25-11-13-26(14-12-25)21-23-19(24-28-21)15-16-7-9-18(22)10-8-16/h7-10,17H,3-6,11-15H2,1-2H3. The normalized spacial score (nSPS) is 15.7. The maximum Gasteiger partial charge on any atom is 0.225 e. The van der Waals surface area contributed by atoms with Crippen LogP contribution in [0.1, 0.15) is 50.9 Å². The van der Waals surface area contributed by atoms with Crippen molar-refractivity contribution in [3.05, 3.63) is 41.5 Å². The van der Waals surface area contributed by atoms with Gasteiger partial charge in [-0.15, -0.1) is 0 Å². The van der Waals surface area contributed by atoms with Gasteiger partial charge in [-0.05, 0) is 30.5 Å². The highest BCUT2D eigenvalue weighted by Gasteiger charge is 2.27. The van der Waals surface area contributed by atoms with Crippen molar-refractivity contribution in [1.29, 1.82) is 0 Å².